The fourth-order valence-electron chi connectivity index (χ4n) is 3.42. The summed E-state index contributed by atoms with van der Waals surface area (Å²) in [4.78, 5) is 12.7. The van der Waals surface area contributed by atoms with Gasteiger partial charge in [0.2, 0.25) is 0 Å². The van der Waals surface area contributed by atoms with Gasteiger partial charge in [0.15, 0.2) is 11.5 Å². The molecule has 27 heavy (non-hydrogen) atoms. The summed E-state index contributed by atoms with van der Waals surface area (Å²) in [5, 5.41) is 20.1. The van der Waals surface area contributed by atoms with Crippen molar-refractivity contribution in [2.75, 3.05) is 13.7 Å². The Kier molecular flexibility index (Phi) is 5.28. The van der Waals surface area contributed by atoms with Crippen molar-refractivity contribution in [3.05, 3.63) is 46.5 Å². The first kappa shape index (κ1) is 19.0. The van der Waals surface area contributed by atoms with Gasteiger partial charge in [0, 0.05) is 17.0 Å². The molecule has 2 aromatic rings. The maximum absolute atomic E-state index is 12.7. The van der Waals surface area contributed by atoms with Crippen LogP contribution in [0.5, 0.6) is 23.0 Å². The van der Waals surface area contributed by atoms with E-state index in [0.717, 1.165) is 5.56 Å². The number of carbonyl (C=O) groups excluding carboxylic acids is 1. The highest BCUT2D eigenvalue weighted by atomic mass is 16.5. The van der Waals surface area contributed by atoms with E-state index in [4.69, 9.17) is 14.2 Å². The number of benzene rings is 2. The third-order valence-electron chi connectivity index (χ3n) is 4.82. The Morgan fingerprint density at radius 2 is 2.00 bits per heavy atom. The van der Waals surface area contributed by atoms with Crippen LogP contribution in [0.4, 0.5) is 0 Å². The number of cyclic esters (lactones) is 1. The molecule has 6 heteroatoms. The summed E-state index contributed by atoms with van der Waals surface area (Å²) >= 11 is 0. The molecule has 0 aromatic heterocycles. The normalized spacial score (nSPS) is 14.4. The summed E-state index contributed by atoms with van der Waals surface area (Å²) in [5.41, 5.74) is 2.29. The van der Waals surface area contributed by atoms with E-state index in [1.54, 1.807) is 24.3 Å². The van der Waals surface area contributed by atoms with Crippen LogP contribution in [0.25, 0.3) is 0 Å². The van der Waals surface area contributed by atoms with Gasteiger partial charge in [0.25, 0.3) is 0 Å². The first-order valence-electron chi connectivity index (χ1n) is 8.86. The molecule has 1 aliphatic rings. The van der Waals surface area contributed by atoms with E-state index < -0.39 is 5.97 Å². The van der Waals surface area contributed by atoms with E-state index in [9.17, 15) is 15.0 Å². The molecule has 0 spiro atoms. The Morgan fingerprint density at radius 3 is 2.63 bits per heavy atom. The van der Waals surface area contributed by atoms with Crippen LogP contribution in [-0.4, -0.2) is 29.9 Å². The standard InChI is InChI=1S/C21H24O6/c1-11(2)15(9-22)14-5-6-17-18(20(14)25-4)21(24)26-10-13-7-12(3)8-16(23)19(13)27-17/h5-8,11,15,22-23H,9-10H2,1-4H3. The minimum Gasteiger partial charge on any atom is -0.504 e. The largest absolute Gasteiger partial charge is 0.504 e. The first-order chi connectivity index (χ1) is 12.9. The molecule has 0 saturated carbocycles. The monoisotopic (exact) mass is 372 g/mol. The summed E-state index contributed by atoms with van der Waals surface area (Å²) in [7, 11) is 1.47. The number of aromatic hydroxyl groups is 1. The molecule has 2 N–H and O–H groups in total. The van der Waals surface area contributed by atoms with Crippen LogP contribution in [0.2, 0.25) is 0 Å². The molecule has 144 valence electrons. The Labute approximate surface area is 158 Å². The zero-order chi connectivity index (χ0) is 19.7. The fraction of sp³-hybridized carbons (Fsp3) is 0.381. The Balaban J connectivity index is 2.19. The number of carbonyl (C=O) groups is 1. The van der Waals surface area contributed by atoms with Crippen LogP contribution in [0, 0.1) is 12.8 Å². The molecule has 1 unspecified atom stereocenters. The van der Waals surface area contributed by atoms with Crippen LogP contribution < -0.4 is 9.47 Å². The van der Waals surface area contributed by atoms with Gasteiger partial charge in [-0.1, -0.05) is 19.9 Å². The summed E-state index contributed by atoms with van der Waals surface area (Å²) in [6, 6.07) is 6.82. The van der Waals surface area contributed by atoms with E-state index in [2.05, 4.69) is 0 Å². The molecule has 0 aliphatic carbocycles. The molecular weight excluding hydrogens is 348 g/mol. The SMILES string of the molecule is COc1c(C(CO)C(C)C)ccc2c1C(=O)OCc1cc(C)cc(O)c1O2. The number of aliphatic hydroxyl groups is 1. The molecular formula is C21H24O6. The number of rotatable bonds is 4. The van der Waals surface area contributed by atoms with Gasteiger partial charge in [-0.25, -0.2) is 4.79 Å². The molecule has 2 aromatic carbocycles. The highest BCUT2D eigenvalue weighted by Gasteiger charge is 2.30. The average molecular weight is 372 g/mol. The number of methoxy groups -OCH3 is 1. The molecule has 0 bridgehead atoms. The lowest BCUT2D eigenvalue weighted by atomic mass is 9.87. The van der Waals surface area contributed by atoms with E-state index in [1.807, 2.05) is 20.8 Å². The topological polar surface area (TPSA) is 85.2 Å². The van der Waals surface area contributed by atoms with E-state index in [0.29, 0.717) is 16.9 Å². The van der Waals surface area contributed by atoms with Crippen LogP contribution in [0.3, 0.4) is 0 Å². The smallest absolute Gasteiger partial charge is 0.346 e. The molecule has 1 atom stereocenters. The molecule has 0 saturated heterocycles. The van der Waals surface area contributed by atoms with Gasteiger partial charge in [-0.05, 0) is 36.6 Å². The van der Waals surface area contributed by atoms with E-state index in [-0.39, 0.29) is 47.9 Å². The quantitative estimate of drug-likeness (QED) is 0.792. The second kappa shape index (κ2) is 7.48. The highest BCUT2D eigenvalue weighted by Crippen LogP contribution is 2.44. The van der Waals surface area contributed by atoms with Gasteiger partial charge in [-0.3, -0.25) is 0 Å². The van der Waals surface area contributed by atoms with Crippen molar-refractivity contribution in [3.63, 3.8) is 0 Å². The maximum Gasteiger partial charge on any atom is 0.346 e. The maximum atomic E-state index is 12.7. The van der Waals surface area contributed by atoms with Crippen molar-refractivity contribution >= 4 is 5.97 Å². The number of hydrogen-bond donors (Lipinski definition) is 2. The molecule has 0 radical (unpaired) electrons. The average Bonchev–Trinajstić information content (AvgIpc) is 2.61. The third kappa shape index (κ3) is 3.45. The van der Waals surface area contributed by atoms with Crippen molar-refractivity contribution in [2.24, 2.45) is 5.92 Å². The molecule has 0 fully saturated rings. The molecule has 1 heterocycles. The Morgan fingerprint density at radius 1 is 1.26 bits per heavy atom. The zero-order valence-electron chi connectivity index (χ0n) is 15.9. The van der Waals surface area contributed by atoms with Gasteiger partial charge < -0.3 is 24.4 Å². The van der Waals surface area contributed by atoms with Crippen LogP contribution in [-0.2, 0) is 11.3 Å². The van der Waals surface area contributed by atoms with Gasteiger partial charge in [-0.2, -0.15) is 0 Å². The number of hydrogen-bond acceptors (Lipinski definition) is 6. The number of esters is 1. The molecule has 1 aliphatic heterocycles. The zero-order valence-corrected chi connectivity index (χ0v) is 15.9. The van der Waals surface area contributed by atoms with Crippen molar-refractivity contribution in [1.82, 2.24) is 0 Å². The second-order valence-electron chi connectivity index (χ2n) is 7.04. The lowest BCUT2D eigenvalue weighted by molar-refractivity contribution is 0.0454. The van der Waals surface area contributed by atoms with Crippen LogP contribution in [0.1, 0.15) is 46.8 Å². The van der Waals surface area contributed by atoms with Gasteiger partial charge in [0.05, 0.1) is 13.7 Å². The Hall–Kier alpha value is -2.73. The van der Waals surface area contributed by atoms with E-state index in [1.165, 1.54) is 7.11 Å². The van der Waals surface area contributed by atoms with Gasteiger partial charge >= 0.3 is 5.97 Å². The van der Waals surface area contributed by atoms with Crippen molar-refractivity contribution in [1.29, 1.82) is 0 Å². The third-order valence-corrected chi connectivity index (χ3v) is 4.82. The minimum atomic E-state index is -0.573. The lowest BCUT2D eigenvalue weighted by Crippen LogP contribution is -2.17. The van der Waals surface area contributed by atoms with Gasteiger partial charge in [-0.15, -0.1) is 0 Å². The molecule has 3 rings (SSSR count). The minimum absolute atomic E-state index is 0.0210. The van der Waals surface area contributed by atoms with Crippen molar-refractivity contribution in [2.45, 2.75) is 33.3 Å². The number of ether oxygens (including phenoxy) is 3. The van der Waals surface area contributed by atoms with Crippen molar-refractivity contribution in [3.8, 4) is 23.0 Å². The summed E-state index contributed by atoms with van der Waals surface area (Å²) in [6.45, 7) is 5.71. The summed E-state index contributed by atoms with van der Waals surface area (Å²) in [6.07, 6.45) is 0. The number of aryl methyl sites for hydroxylation is 1. The molecule has 0 amide bonds. The van der Waals surface area contributed by atoms with E-state index >= 15 is 0 Å². The number of fused-ring (bicyclic) bond motifs is 2. The van der Waals surface area contributed by atoms with Crippen molar-refractivity contribution < 1.29 is 29.2 Å². The number of phenolic OH excluding ortho intramolecular Hbond substituents is 1. The number of aliphatic hydroxyl groups excluding tert-OH is 1. The predicted octanol–water partition coefficient (Wildman–Crippen LogP) is 3.90. The first-order valence-corrected chi connectivity index (χ1v) is 8.86. The molecule has 6 nitrogen and oxygen atoms in total. The van der Waals surface area contributed by atoms with Gasteiger partial charge in [0.1, 0.15) is 23.7 Å². The van der Waals surface area contributed by atoms with Crippen LogP contribution >= 0.6 is 0 Å². The summed E-state index contributed by atoms with van der Waals surface area (Å²) < 4.78 is 16.9. The summed E-state index contributed by atoms with van der Waals surface area (Å²) in [5.74, 6) is 0.156. The Bertz CT molecular complexity index is 871. The second-order valence-corrected chi connectivity index (χ2v) is 7.04. The highest BCUT2D eigenvalue weighted by molar-refractivity contribution is 5.96. The van der Waals surface area contributed by atoms with Crippen LogP contribution in [0.15, 0.2) is 24.3 Å². The predicted molar refractivity (Wildman–Crippen MR) is 99.7 cm³/mol. The number of phenols is 1. The fourth-order valence-corrected chi connectivity index (χ4v) is 3.42. The lowest BCUT2D eigenvalue weighted by Gasteiger charge is -2.25.